The van der Waals surface area contributed by atoms with E-state index < -0.39 is 0 Å². The Kier molecular flexibility index (Phi) is 28.6. The number of hydrogen-bond donors (Lipinski definition) is 0. The monoisotopic (exact) mass is 729 g/mol. The molecule has 0 atom stereocenters. The Morgan fingerprint density at radius 1 is 0.360 bits per heavy atom. The second kappa shape index (κ2) is 30.9. The van der Waals surface area contributed by atoms with Crippen LogP contribution in [0.5, 0.6) is 0 Å². The summed E-state index contributed by atoms with van der Waals surface area (Å²) in [7, 11) is 0. The molecule has 0 aliphatic carbocycles. The molecule has 2 aromatic rings. The standard InChI is InChI=1S/C47H78N2.Ni/c1-7-13-19-20-21-27-33-47(49-45-37-35-41(29-23-15-9-3)43(39-45)31-25-17-11-5)46(32-26-18-12-6)48-44-36-34-40(28-22-14-8-2)42(38-44)30-24-16-10-4;/h34-39H,7-33H2,1-6H3;. The Labute approximate surface area is 321 Å². The molecular weight excluding hydrogens is 651 g/mol. The van der Waals surface area contributed by atoms with Crippen LogP contribution in [0.4, 0.5) is 11.4 Å². The molecule has 0 unspecified atom stereocenters. The Bertz CT molecular complexity index is 1180. The fourth-order valence-corrected chi connectivity index (χ4v) is 7.04. The molecule has 0 spiro atoms. The number of unbranched alkanes of at least 4 members (excludes halogenated alkanes) is 15. The predicted octanol–water partition coefficient (Wildman–Crippen LogP) is 15.8. The molecule has 2 aromatic carbocycles. The maximum atomic E-state index is 5.53. The number of aryl methyl sites for hydroxylation is 4. The summed E-state index contributed by atoms with van der Waals surface area (Å²) in [5, 5.41) is 0. The van der Waals surface area contributed by atoms with E-state index in [-0.39, 0.29) is 16.5 Å². The smallest absolute Gasteiger partial charge is 0.0636 e. The summed E-state index contributed by atoms with van der Waals surface area (Å²) in [6.45, 7) is 13.8. The van der Waals surface area contributed by atoms with Crippen LogP contribution < -0.4 is 0 Å². The van der Waals surface area contributed by atoms with Crippen molar-refractivity contribution >= 4 is 22.8 Å². The fourth-order valence-electron chi connectivity index (χ4n) is 7.04. The molecule has 0 aliphatic heterocycles. The first-order valence-corrected chi connectivity index (χ1v) is 21.5. The van der Waals surface area contributed by atoms with E-state index in [1.54, 1.807) is 11.1 Å². The number of rotatable bonds is 30. The maximum Gasteiger partial charge on any atom is 0.0636 e. The van der Waals surface area contributed by atoms with E-state index in [0.29, 0.717) is 0 Å². The Morgan fingerprint density at radius 3 is 1.06 bits per heavy atom. The normalized spacial score (nSPS) is 12.0. The van der Waals surface area contributed by atoms with Crippen LogP contribution in [0.1, 0.15) is 211 Å². The minimum atomic E-state index is 0. The third-order valence-corrected chi connectivity index (χ3v) is 10.2. The van der Waals surface area contributed by atoms with Crippen molar-refractivity contribution in [3.05, 3.63) is 58.7 Å². The molecule has 2 rings (SSSR count). The van der Waals surface area contributed by atoms with E-state index in [4.69, 9.17) is 9.98 Å². The van der Waals surface area contributed by atoms with Gasteiger partial charge >= 0.3 is 0 Å². The van der Waals surface area contributed by atoms with Crippen LogP contribution in [-0.4, -0.2) is 11.4 Å². The molecule has 286 valence electrons. The first-order valence-electron chi connectivity index (χ1n) is 21.5. The first kappa shape index (κ1) is 46.3. The second-order valence-corrected chi connectivity index (χ2v) is 14.8. The average molecular weight is 730 g/mol. The van der Waals surface area contributed by atoms with Crippen LogP contribution in [0.3, 0.4) is 0 Å². The zero-order valence-electron chi connectivity index (χ0n) is 33.8. The van der Waals surface area contributed by atoms with Crippen molar-refractivity contribution in [2.24, 2.45) is 9.98 Å². The van der Waals surface area contributed by atoms with Crippen LogP contribution in [0, 0.1) is 0 Å². The van der Waals surface area contributed by atoms with Crippen molar-refractivity contribution in [1.82, 2.24) is 0 Å². The topological polar surface area (TPSA) is 24.7 Å². The van der Waals surface area contributed by atoms with Crippen molar-refractivity contribution in [3.63, 3.8) is 0 Å². The molecular formula is C47H78N2Ni. The van der Waals surface area contributed by atoms with Gasteiger partial charge in [-0.3, -0.25) is 9.98 Å². The van der Waals surface area contributed by atoms with E-state index in [2.05, 4.69) is 77.9 Å². The quantitative estimate of drug-likeness (QED) is 0.0435. The molecule has 0 aliphatic rings. The number of nitrogens with zero attached hydrogens (tertiary/aromatic N) is 2. The van der Waals surface area contributed by atoms with Crippen LogP contribution in [0.15, 0.2) is 46.4 Å². The summed E-state index contributed by atoms with van der Waals surface area (Å²) in [6, 6.07) is 14.3. The molecule has 0 saturated carbocycles. The summed E-state index contributed by atoms with van der Waals surface area (Å²) in [6.07, 6.45) is 33.7. The molecule has 0 radical (unpaired) electrons. The van der Waals surface area contributed by atoms with Gasteiger partial charge < -0.3 is 0 Å². The van der Waals surface area contributed by atoms with Gasteiger partial charge in [0, 0.05) is 16.5 Å². The van der Waals surface area contributed by atoms with Gasteiger partial charge in [0.15, 0.2) is 0 Å². The molecule has 0 fully saturated rings. The maximum absolute atomic E-state index is 5.53. The van der Waals surface area contributed by atoms with Gasteiger partial charge in [-0.25, -0.2) is 0 Å². The summed E-state index contributed by atoms with van der Waals surface area (Å²) < 4.78 is 0. The third-order valence-electron chi connectivity index (χ3n) is 10.2. The van der Waals surface area contributed by atoms with Gasteiger partial charge in [0.25, 0.3) is 0 Å². The zero-order chi connectivity index (χ0) is 35.4. The zero-order valence-corrected chi connectivity index (χ0v) is 34.8. The molecule has 50 heavy (non-hydrogen) atoms. The molecule has 0 amide bonds. The predicted molar refractivity (Wildman–Crippen MR) is 222 cm³/mol. The van der Waals surface area contributed by atoms with Gasteiger partial charge in [0.2, 0.25) is 0 Å². The van der Waals surface area contributed by atoms with E-state index in [0.717, 1.165) is 24.2 Å². The molecule has 0 N–H and O–H groups in total. The number of benzene rings is 2. The van der Waals surface area contributed by atoms with E-state index in [1.807, 2.05) is 0 Å². The second-order valence-electron chi connectivity index (χ2n) is 14.8. The van der Waals surface area contributed by atoms with E-state index in [9.17, 15) is 0 Å². The molecule has 0 heterocycles. The van der Waals surface area contributed by atoms with Gasteiger partial charge in [-0.2, -0.15) is 0 Å². The Morgan fingerprint density at radius 2 is 0.660 bits per heavy atom. The minimum absolute atomic E-state index is 0. The van der Waals surface area contributed by atoms with Crippen LogP contribution >= 0.6 is 0 Å². The molecule has 0 bridgehead atoms. The van der Waals surface area contributed by atoms with E-state index in [1.165, 1.54) is 183 Å². The Balaban J connectivity index is 0.0000125. The average Bonchev–Trinajstić information content (AvgIpc) is 3.11. The van der Waals surface area contributed by atoms with Crippen molar-refractivity contribution in [3.8, 4) is 0 Å². The third kappa shape index (κ3) is 19.8. The van der Waals surface area contributed by atoms with Gasteiger partial charge in [-0.15, -0.1) is 0 Å². The van der Waals surface area contributed by atoms with Gasteiger partial charge in [-0.05, 0) is 124 Å². The van der Waals surface area contributed by atoms with Crippen LogP contribution in [0.2, 0.25) is 0 Å². The van der Waals surface area contributed by atoms with Gasteiger partial charge in [-0.1, -0.05) is 150 Å². The van der Waals surface area contributed by atoms with Crippen molar-refractivity contribution < 1.29 is 16.5 Å². The molecule has 0 aromatic heterocycles. The van der Waals surface area contributed by atoms with Crippen LogP contribution in [0.25, 0.3) is 0 Å². The minimum Gasteiger partial charge on any atom is -0.252 e. The van der Waals surface area contributed by atoms with Gasteiger partial charge in [0.1, 0.15) is 0 Å². The molecule has 2 nitrogen and oxygen atoms in total. The molecule has 0 saturated heterocycles. The van der Waals surface area contributed by atoms with E-state index >= 15 is 0 Å². The summed E-state index contributed by atoms with van der Waals surface area (Å²) in [5.41, 5.74) is 10.9. The number of aliphatic imine (C=N–C) groups is 2. The van der Waals surface area contributed by atoms with Gasteiger partial charge in [0.05, 0.1) is 22.8 Å². The summed E-state index contributed by atoms with van der Waals surface area (Å²) in [5.74, 6) is 0. The fraction of sp³-hybridized carbons (Fsp3) is 0.702. The Hall–Kier alpha value is -1.73. The number of hydrogen-bond acceptors (Lipinski definition) is 2. The SMILES string of the molecule is CCCCCCCCC(=Nc1ccc(CCCCC)c(CCCCC)c1)C(CCCCC)=Nc1ccc(CCCCC)c(CCCCC)c1.[Ni]. The summed E-state index contributed by atoms with van der Waals surface area (Å²) >= 11 is 0. The largest absolute Gasteiger partial charge is 0.252 e. The first-order chi connectivity index (χ1) is 24.1. The molecule has 3 heteroatoms. The van der Waals surface area contributed by atoms with Crippen molar-refractivity contribution in [1.29, 1.82) is 0 Å². The van der Waals surface area contributed by atoms with Crippen molar-refractivity contribution in [2.75, 3.05) is 0 Å². The van der Waals surface area contributed by atoms with Crippen molar-refractivity contribution in [2.45, 2.75) is 215 Å². The summed E-state index contributed by atoms with van der Waals surface area (Å²) in [4.78, 5) is 11.0. The van der Waals surface area contributed by atoms with Crippen LogP contribution in [-0.2, 0) is 42.2 Å².